The number of fused-ring (bicyclic) bond motifs is 6. The van der Waals surface area contributed by atoms with Crippen LogP contribution in [0.4, 0.5) is 44.8 Å². The van der Waals surface area contributed by atoms with Gasteiger partial charge in [0, 0.05) is 50.1 Å². The molecule has 10 rings (SSSR count). The first-order valence-electron chi connectivity index (χ1n) is 17.1. The van der Waals surface area contributed by atoms with Gasteiger partial charge in [-0.05, 0) is 113 Å². The molecule has 0 radical (unpaired) electrons. The number of aryl methyl sites for hydroxylation is 1. The summed E-state index contributed by atoms with van der Waals surface area (Å²) in [5.74, 6) is 0. The minimum absolute atomic E-state index is 0.00758. The Labute approximate surface area is 297 Å². The van der Waals surface area contributed by atoms with Crippen molar-refractivity contribution in [3.05, 3.63) is 181 Å². The van der Waals surface area contributed by atoms with Gasteiger partial charge < -0.3 is 14.6 Å². The molecule has 0 saturated heterocycles. The smallest absolute Gasteiger partial charge is 0.334 e. The molecule has 1 aromatic heterocycles. The molecule has 3 nitrogen and oxygen atoms in total. The summed E-state index contributed by atoms with van der Waals surface area (Å²) >= 11 is 1.89. The molecule has 2 aliphatic rings. The number of thiophene rings is 1. The van der Waals surface area contributed by atoms with Crippen LogP contribution in [0, 0.1) is 6.92 Å². The maximum atomic E-state index is 2.59. The Kier molecular flexibility index (Phi) is 6.68. The van der Waals surface area contributed by atoms with Crippen LogP contribution in [0.2, 0.25) is 0 Å². The summed E-state index contributed by atoms with van der Waals surface area (Å²) in [7, 11) is 0. The van der Waals surface area contributed by atoms with Crippen molar-refractivity contribution in [2.45, 2.75) is 6.92 Å². The fourth-order valence-electron chi connectivity index (χ4n) is 8.01. The van der Waals surface area contributed by atoms with E-state index in [1.54, 1.807) is 0 Å². The summed E-state index contributed by atoms with van der Waals surface area (Å²) in [6.45, 7) is 2.23. The summed E-state index contributed by atoms with van der Waals surface area (Å²) < 4.78 is 1.31. The summed E-state index contributed by atoms with van der Waals surface area (Å²) in [6.07, 6.45) is 0. The fourth-order valence-corrected chi connectivity index (χ4v) is 9.28. The molecule has 0 spiro atoms. The van der Waals surface area contributed by atoms with E-state index in [0.717, 1.165) is 17.1 Å². The van der Waals surface area contributed by atoms with Crippen LogP contribution in [0.15, 0.2) is 176 Å². The first-order valence-corrected chi connectivity index (χ1v) is 18.0. The Hall–Kier alpha value is -6.04. The standard InChI is InChI=1S/C45H32BN3S/c1-31-28-39-38-30-36(47(32-16-6-2-7-17-32)33-18-8-3-9-19-33)26-27-40(38)49(35-22-12-5-13-23-35)46-43(39)41(29-31)48(34-20-10-4-11-21-34)45-44(46)37-24-14-15-25-42(37)50-45/h2-30H,1H3. The monoisotopic (exact) mass is 657 g/mol. The SMILES string of the molecule is Cc1cc2c3c(c1)N(c1ccccc1)c1sc4ccccc4c1B3N(c1ccccc1)c1ccc(N(c3ccccc3)c3ccccc3)cc1-2. The number of para-hydroxylation sites is 4. The van der Waals surface area contributed by atoms with Gasteiger partial charge in [-0.15, -0.1) is 11.3 Å². The third kappa shape index (κ3) is 4.44. The van der Waals surface area contributed by atoms with Gasteiger partial charge in [-0.1, -0.05) is 97.1 Å². The van der Waals surface area contributed by atoms with Crippen molar-refractivity contribution < 1.29 is 0 Å². The molecular weight excluding hydrogens is 625 g/mol. The van der Waals surface area contributed by atoms with Gasteiger partial charge in [-0.3, -0.25) is 0 Å². The van der Waals surface area contributed by atoms with E-state index in [1.165, 1.54) is 65.5 Å². The van der Waals surface area contributed by atoms with Gasteiger partial charge in [0.1, 0.15) is 0 Å². The van der Waals surface area contributed by atoms with E-state index in [-0.39, 0.29) is 6.85 Å². The predicted octanol–water partition coefficient (Wildman–Crippen LogP) is 11.4. The second-order valence-electron chi connectivity index (χ2n) is 13.0. The number of hydrogen-bond acceptors (Lipinski definition) is 4. The van der Waals surface area contributed by atoms with Crippen LogP contribution in [-0.2, 0) is 0 Å². The van der Waals surface area contributed by atoms with Crippen LogP contribution in [0.1, 0.15) is 5.56 Å². The van der Waals surface area contributed by atoms with Gasteiger partial charge in [0.2, 0.25) is 0 Å². The van der Waals surface area contributed by atoms with Crippen LogP contribution in [0.25, 0.3) is 21.2 Å². The number of nitrogens with zero attached hydrogens (tertiary/aromatic N) is 3. The molecule has 0 fully saturated rings. The average Bonchev–Trinajstić information content (AvgIpc) is 3.56. The maximum absolute atomic E-state index is 2.59. The van der Waals surface area contributed by atoms with Crippen LogP contribution in [-0.4, -0.2) is 6.85 Å². The summed E-state index contributed by atoms with van der Waals surface area (Å²) in [4.78, 5) is 7.47. The zero-order chi connectivity index (χ0) is 33.2. The molecule has 0 N–H and O–H groups in total. The molecule has 0 atom stereocenters. The molecule has 5 heteroatoms. The second-order valence-corrected chi connectivity index (χ2v) is 14.1. The summed E-state index contributed by atoms with van der Waals surface area (Å²) in [6, 6.07) is 64.0. The first-order chi connectivity index (χ1) is 24.7. The number of benzene rings is 7. The quantitative estimate of drug-likeness (QED) is 0.171. The molecule has 236 valence electrons. The Morgan fingerprint density at radius 3 is 1.78 bits per heavy atom. The Bertz CT molecular complexity index is 2480. The van der Waals surface area contributed by atoms with Gasteiger partial charge >= 0.3 is 6.85 Å². The van der Waals surface area contributed by atoms with Gasteiger partial charge in [0.15, 0.2) is 0 Å². The molecular formula is C45H32BN3S. The number of rotatable bonds is 5. The summed E-state index contributed by atoms with van der Waals surface area (Å²) in [5, 5.41) is 2.60. The molecule has 2 aliphatic heterocycles. The molecule has 7 aromatic carbocycles. The molecule has 0 amide bonds. The van der Waals surface area contributed by atoms with Crippen LogP contribution >= 0.6 is 11.3 Å². The van der Waals surface area contributed by atoms with Crippen molar-refractivity contribution in [1.82, 2.24) is 0 Å². The van der Waals surface area contributed by atoms with Crippen molar-refractivity contribution >= 4 is 84.0 Å². The molecule has 0 aliphatic carbocycles. The van der Waals surface area contributed by atoms with Crippen LogP contribution < -0.4 is 25.5 Å². The third-order valence-corrected chi connectivity index (χ3v) is 11.2. The highest BCUT2D eigenvalue weighted by Gasteiger charge is 2.47. The Morgan fingerprint density at radius 2 is 1.10 bits per heavy atom. The Balaban J connectivity index is 1.30. The van der Waals surface area contributed by atoms with Crippen molar-refractivity contribution in [2.24, 2.45) is 0 Å². The van der Waals surface area contributed by atoms with Crippen LogP contribution in [0.3, 0.4) is 0 Å². The predicted molar refractivity (Wildman–Crippen MR) is 215 cm³/mol. The lowest BCUT2D eigenvalue weighted by atomic mass is 9.43. The molecule has 3 heterocycles. The third-order valence-electron chi connectivity index (χ3n) is 10.0. The zero-order valence-electron chi connectivity index (χ0n) is 27.6. The lowest BCUT2D eigenvalue weighted by Crippen LogP contribution is -2.61. The van der Waals surface area contributed by atoms with E-state index in [4.69, 9.17) is 0 Å². The minimum atomic E-state index is -0.00758. The average molecular weight is 658 g/mol. The maximum Gasteiger partial charge on any atom is 0.334 e. The number of hydrogen-bond donors (Lipinski definition) is 0. The van der Waals surface area contributed by atoms with E-state index in [9.17, 15) is 0 Å². The molecule has 0 bridgehead atoms. The normalized spacial score (nSPS) is 12.8. The zero-order valence-corrected chi connectivity index (χ0v) is 28.4. The van der Waals surface area contributed by atoms with Crippen LogP contribution in [0.5, 0.6) is 0 Å². The molecule has 50 heavy (non-hydrogen) atoms. The topological polar surface area (TPSA) is 9.72 Å². The minimum Gasteiger partial charge on any atom is -0.376 e. The van der Waals surface area contributed by atoms with Crippen molar-refractivity contribution in [1.29, 1.82) is 0 Å². The Morgan fingerprint density at radius 1 is 0.500 bits per heavy atom. The van der Waals surface area contributed by atoms with E-state index >= 15 is 0 Å². The lowest BCUT2D eigenvalue weighted by molar-refractivity contribution is 1.26. The van der Waals surface area contributed by atoms with Gasteiger partial charge in [0.25, 0.3) is 0 Å². The highest BCUT2D eigenvalue weighted by molar-refractivity contribution is 7.26. The van der Waals surface area contributed by atoms with E-state index in [0.29, 0.717) is 0 Å². The van der Waals surface area contributed by atoms with Gasteiger partial charge in [-0.25, -0.2) is 0 Å². The van der Waals surface area contributed by atoms with E-state index in [1.807, 2.05) is 11.3 Å². The van der Waals surface area contributed by atoms with Crippen molar-refractivity contribution in [2.75, 3.05) is 14.6 Å². The van der Waals surface area contributed by atoms with E-state index in [2.05, 4.69) is 197 Å². The van der Waals surface area contributed by atoms with E-state index < -0.39 is 0 Å². The van der Waals surface area contributed by atoms with Gasteiger partial charge in [-0.2, -0.15) is 0 Å². The summed E-state index contributed by atoms with van der Waals surface area (Å²) in [5.41, 5.74) is 14.7. The molecule has 8 aromatic rings. The highest BCUT2D eigenvalue weighted by atomic mass is 32.1. The lowest BCUT2D eigenvalue weighted by Gasteiger charge is -2.45. The number of anilines is 8. The fraction of sp³-hybridized carbons (Fsp3) is 0.0222. The highest BCUT2D eigenvalue weighted by Crippen LogP contribution is 2.51. The van der Waals surface area contributed by atoms with Crippen molar-refractivity contribution in [3.63, 3.8) is 0 Å². The second kappa shape index (κ2) is 11.5. The largest absolute Gasteiger partial charge is 0.376 e. The van der Waals surface area contributed by atoms with Gasteiger partial charge in [0.05, 0.1) is 5.00 Å². The first kappa shape index (κ1) is 28.9. The van der Waals surface area contributed by atoms with Crippen molar-refractivity contribution in [3.8, 4) is 11.1 Å². The molecule has 0 unspecified atom stereocenters. The molecule has 0 saturated carbocycles.